The van der Waals surface area contributed by atoms with Crippen molar-refractivity contribution in [2.75, 3.05) is 13.2 Å². The first kappa shape index (κ1) is 24.2. The Hall–Kier alpha value is -2.40. The van der Waals surface area contributed by atoms with E-state index >= 15 is 0 Å². The normalized spacial score (nSPS) is 23.6. The van der Waals surface area contributed by atoms with Crippen LogP contribution >= 0.6 is 0 Å². The maximum absolute atomic E-state index is 13.6. The summed E-state index contributed by atoms with van der Waals surface area (Å²) in [7, 11) is 0. The summed E-state index contributed by atoms with van der Waals surface area (Å²) in [5.41, 5.74) is 1.05. The van der Waals surface area contributed by atoms with Crippen molar-refractivity contribution in [2.45, 2.75) is 76.9 Å². The predicted octanol–water partition coefficient (Wildman–Crippen LogP) is 6.04. The quantitative estimate of drug-likeness (QED) is 0.570. The number of hydrogen-bond acceptors (Lipinski definition) is 3. The van der Waals surface area contributed by atoms with Crippen LogP contribution in [0.15, 0.2) is 48.5 Å². The van der Waals surface area contributed by atoms with Gasteiger partial charge in [-0.15, -0.1) is 0 Å². The number of hydrogen-bond donors (Lipinski definition) is 1. The molecule has 1 saturated heterocycles. The van der Waals surface area contributed by atoms with Crippen molar-refractivity contribution < 1.29 is 18.7 Å². The summed E-state index contributed by atoms with van der Waals surface area (Å²) in [6.07, 6.45) is 3.37. The zero-order valence-corrected chi connectivity index (χ0v) is 20.0. The zero-order chi connectivity index (χ0) is 23.4. The maximum Gasteiger partial charge on any atom is 0.251 e. The highest BCUT2D eigenvalue weighted by Crippen LogP contribution is 2.45. The summed E-state index contributed by atoms with van der Waals surface area (Å²) in [6, 6.07) is 14.0. The number of halogens is 1. The van der Waals surface area contributed by atoms with E-state index in [4.69, 9.17) is 9.47 Å². The zero-order valence-electron chi connectivity index (χ0n) is 20.0. The van der Waals surface area contributed by atoms with Gasteiger partial charge in [0.2, 0.25) is 0 Å². The lowest BCUT2D eigenvalue weighted by Gasteiger charge is -2.47. The highest BCUT2D eigenvalue weighted by molar-refractivity contribution is 5.94. The van der Waals surface area contributed by atoms with Gasteiger partial charge in [0.05, 0.1) is 5.60 Å². The maximum atomic E-state index is 13.6. The van der Waals surface area contributed by atoms with Crippen molar-refractivity contribution in [3.63, 3.8) is 0 Å². The van der Waals surface area contributed by atoms with Crippen molar-refractivity contribution in [2.24, 2.45) is 0 Å². The summed E-state index contributed by atoms with van der Waals surface area (Å²) in [4.78, 5) is 12.7. The Morgan fingerprint density at radius 2 is 1.78 bits per heavy atom. The van der Waals surface area contributed by atoms with Crippen LogP contribution in [0, 0.1) is 5.82 Å². The van der Waals surface area contributed by atoms with E-state index in [0.29, 0.717) is 18.7 Å². The minimum absolute atomic E-state index is 0.105. The van der Waals surface area contributed by atoms with Gasteiger partial charge >= 0.3 is 0 Å². The molecule has 1 aliphatic heterocycles. The lowest BCUT2D eigenvalue weighted by molar-refractivity contribution is -0.0978. The number of carbonyl (C=O) groups is 1. The molecule has 5 heteroatoms. The fourth-order valence-corrected chi connectivity index (χ4v) is 4.53. The van der Waals surface area contributed by atoms with Crippen LogP contribution in [0.5, 0.6) is 5.75 Å². The van der Waals surface area contributed by atoms with E-state index in [-0.39, 0.29) is 28.3 Å². The van der Waals surface area contributed by atoms with Crippen LogP contribution < -0.4 is 10.1 Å². The second kappa shape index (κ2) is 9.62. The van der Waals surface area contributed by atoms with Gasteiger partial charge in [0.25, 0.3) is 5.91 Å². The van der Waals surface area contributed by atoms with Crippen LogP contribution in [0.2, 0.25) is 0 Å². The Labute approximate surface area is 191 Å². The van der Waals surface area contributed by atoms with Gasteiger partial charge in [-0.2, -0.15) is 0 Å². The lowest BCUT2D eigenvalue weighted by atomic mass is 9.66. The Balaban J connectivity index is 1.69. The Morgan fingerprint density at radius 1 is 1.12 bits per heavy atom. The van der Waals surface area contributed by atoms with E-state index < -0.39 is 0 Å². The highest BCUT2D eigenvalue weighted by atomic mass is 19.1. The predicted molar refractivity (Wildman–Crippen MR) is 126 cm³/mol. The van der Waals surface area contributed by atoms with E-state index in [1.807, 2.05) is 45.0 Å². The van der Waals surface area contributed by atoms with Crippen LogP contribution in [0.3, 0.4) is 0 Å². The van der Waals surface area contributed by atoms with Crippen LogP contribution in [0.1, 0.15) is 76.2 Å². The Morgan fingerprint density at radius 3 is 2.38 bits per heavy atom. The van der Waals surface area contributed by atoms with Gasteiger partial charge in [0.1, 0.15) is 17.2 Å². The molecule has 1 aliphatic rings. The molecule has 0 saturated carbocycles. The fraction of sp³-hybridized carbons (Fsp3) is 0.519. The van der Waals surface area contributed by atoms with Crippen LogP contribution in [0.25, 0.3) is 0 Å². The average Bonchev–Trinajstić information content (AvgIpc) is 2.73. The van der Waals surface area contributed by atoms with Gasteiger partial charge in [-0.05, 0) is 95.3 Å². The number of carbonyl (C=O) groups excluding carboxylic acids is 1. The molecule has 32 heavy (non-hydrogen) atoms. The van der Waals surface area contributed by atoms with Gasteiger partial charge in [-0.1, -0.05) is 19.1 Å². The third-order valence-corrected chi connectivity index (χ3v) is 6.38. The Bertz CT molecular complexity index is 904. The van der Waals surface area contributed by atoms with E-state index in [2.05, 4.69) is 19.2 Å². The van der Waals surface area contributed by atoms with E-state index in [1.54, 1.807) is 12.1 Å². The molecular formula is C27H36FNO3. The SMILES string of the molecule is CC[C@@]1(C)C[C@@](CCNC(=O)c2ccc(OC(C)(C)C)cc2)(c2ccc(F)cc2)CCO1. The molecule has 3 rings (SSSR count). The van der Waals surface area contributed by atoms with Crippen molar-refractivity contribution in [3.8, 4) is 5.75 Å². The number of amides is 1. The number of nitrogens with one attached hydrogen (secondary N) is 1. The third-order valence-electron chi connectivity index (χ3n) is 6.38. The molecule has 2 aromatic carbocycles. The first-order chi connectivity index (χ1) is 15.0. The standard InChI is InChI=1S/C27H36FNO3/c1-6-26(5)19-27(16-18-31-26,21-9-11-22(28)12-10-21)15-17-29-24(30)20-7-13-23(14-8-20)32-25(2,3)4/h7-14H,6,15-19H2,1-5H3,(H,29,30)/t26-,27-/m0/s1. The van der Waals surface area contributed by atoms with Crippen LogP contribution in [-0.2, 0) is 10.2 Å². The molecule has 1 heterocycles. The highest BCUT2D eigenvalue weighted by Gasteiger charge is 2.43. The molecule has 174 valence electrons. The van der Waals surface area contributed by atoms with Crippen molar-refractivity contribution >= 4 is 5.91 Å². The first-order valence-electron chi connectivity index (χ1n) is 11.5. The molecule has 1 N–H and O–H groups in total. The molecule has 0 radical (unpaired) electrons. The molecular weight excluding hydrogens is 405 g/mol. The molecule has 1 fully saturated rings. The molecule has 0 unspecified atom stereocenters. The second-order valence-electron chi connectivity index (χ2n) is 10.1. The lowest BCUT2D eigenvalue weighted by Crippen LogP contribution is -2.47. The van der Waals surface area contributed by atoms with Crippen LogP contribution in [0.4, 0.5) is 4.39 Å². The topological polar surface area (TPSA) is 47.6 Å². The number of rotatable bonds is 7. The molecule has 0 bridgehead atoms. The molecule has 0 aliphatic carbocycles. The molecule has 1 amide bonds. The molecule has 0 aromatic heterocycles. The minimum atomic E-state index is -0.283. The van der Waals surface area contributed by atoms with E-state index in [9.17, 15) is 9.18 Å². The van der Waals surface area contributed by atoms with Gasteiger partial charge in [-0.25, -0.2) is 4.39 Å². The fourth-order valence-electron chi connectivity index (χ4n) is 4.53. The van der Waals surface area contributed by atoms with Gasteiger partial charge in [-0.3, -0.25) is 4.79 Å². The average molecular weight is 442 g/mol. The first-order valence-corrected chi connectivity index (χ1v) is 11.5. The van der Waals surface area contributed by atoms with E-state index in [0.717, 1.165) is 37.0 Å². The van der Waals surface area contributed by atoms with Crippen LogP contribution in [-0.4, -0.2) is 30.3 Å². The van der Waals surface area contributed by atoms with Crippen molar-refractivity contribution in [3.05, 3.63) is 65.5 Å². The number of benzene rings is 2. The minimum Gasteiger partial charge on any atom is -0.488 e. The second-order valence-corrected chi connectivity index (χ2v) is 10.1. The molecule has 2 aromatic rings. The summed E-state index contributed by atoms with van der Waals surface area (Å²) in [5, 5.41) is 3.07. The molecule has 2 atom stereocenters. The molecule has 0 spiro atoms. The largest absolute Gasteiger partial charge is 0.488 e. The van der Waals surface area contributed by atoms with Gasteiger partial charge < -0.3 is 14.8 Å². The van der Waals surface area contributed by atoms with Crippen molar-refractivity contribution in [1.82, 2.24) is 5.32 Å². The summed E-state index contributed by atoms with van der Waals surface area (Å²) >= 11 is 0. The van der Waals surface area contributed by atoms with E-state index in [1.165, 1.54) is 12.1 Å². The number of ether oxygens (including phenoxy) is 2. The van der Waals surface area contributed by atoms with Gasteiger partial charge in [0, 0.05) is 24.1 Å². The smallest absolute Gasteiger partial charge is 0.251 e. The van der Waals surface area contributed by atoms with Gasteiger partial charge in [0.15, 0.2) is 0 Å². The third kappa shape index (κ3) is 6.10. The molecule has 4 nitrogen and oxygen atoms in total. The summed E-state index contributed by atoms with van der Waals surface area (Å²) in [5.74, 6) is 0.402. The van der Waals surface area contributed by atoms with Crippen molar-refractivity contribution in [1.29, 1.82) is 0 Å². The summed E-state index contributed by atoms with van der Waals surface area (Å²) in [6.45, 7) is 11.4. The Kier molecular flexibility index (Phi) is 7.29. The summed E-state index contributed by atoms with van der Waals surface area (Å²) < 4.78 is 25.5. The monoisotopic (exact) mass is 441 g/mol.